The van der Waals surface area contributed by atoms with E-state index in [9.17, 15) is 9.90 Å². The Morgan fingerprint density at radius 1 is 1.18 bits per heavy atom. The number of hydrazine groups is 1. The predicted molar refractivity (Wildman–Crippen MR) is 85.9 cm³/mol. The Morgan fingerprint density at radius 3 is 2.45 bits per heavy atom. The van der Waals surface area contributed by atoms with Gasteiger partial charge in [0.2, 0.25) is 0 Å². The molecule has 1 aromatic heterocycles. The third-order valence-electron chi connectivity index (χ3n) is 2.97. The van der Waals surface area contributed by atoms with Crippen LogP contribution in [0.3, 0.4) is 0 Å². The number of phenols is 1. The standard InChI is InChI=1S/C15H14Cl2N2O3/c1-7-4-12(9(3)22-7)15(21)19-18-8(2)11-5-10(16)6-13(17)14(11)20/h4-6,18,20H,2H2,1,3H3,(H,19,21). The van der Waals surface area contributed by atoms with Crippen molar-refractivity contribution in [2.24, 2.45) is 0 Å². The minimum atomic E-state index is -0.386. The molecule has 0 unspecified atom stereocenters. The summed E-state index contributed by atoms with van der Waals surface area (Å²) in [6, 6.07) is 4.52. The number of hydrogen-bond donors (Lipinski definition) is 3. The van der Waals surface area contributed by atoms with Crippen LogP contribution in [-0.2, 0) is 0 Å². The maximum atomic E-state index is 12.0. The maximum absolute atomic E-state index is 12.0. The molecular formula is C15H14Cl2N2O3. The number of halogens is 2. The second kappa shape index (κ2) is 6.34. The number of amides is 1. The smallest absolute Gasteiger partial charge is 0.273 e. The fraction of sp³-hybridized carbons (Fsp3) is 0.133. The third kappa shape index (κ3) is 3.37. The van der Waals surface area contributed by atoms with Gasteiger partial charge in [0.1, 0.15) is 17.3 Å². The Balaban J connectivity index is 2.10. The molecule has 5 nitrogen and oxygen atoms in total. The number of nitrogens with one attached hydrogen (secondary N) is 2. The molecular weight excluding hydrogens is 327 g/mol. The van der Waals surface area contributed by atoms with Crippen LogP contribution >= 0.6 is 23.2 Å². The van der Waals surface area contributed by atoms with Crippen LogP contribution in [0, 0.1) is 13.8 Å². The Bertz CT molecular complexity index is 753. The van der Waals surface area contributed by atoms with Crippen LogP contribution < -0.4 is 10.9 Å². The first-order valence-electron chi connectivity index (χ1n) is 6.30. The van der Waals surface area contributed by atoms with Crippen molar-refractivity contribution in [1.29, 1.82) is 0 Å². The van der Waals surface area contributed by atoms with Crippen molar-refractivity contribution in [3.05, 3.63) is 57.5 Å². The molecule has 0 fully saturated rings. The topological polar surface area (TPSA) is 74.5 Å². The summed E-state index contributed by atoms with van der Waals surface area (Å²) in [6.45, 7) is 7.18. The van der Waals surface area contributed by atoms with E-state index in [1.54, 1.807) is 19.9 Å². The molecule has 0 atom stereocenters. The van der Waals surface area contributed by atoms with Gasteiger partial charge < -0.3 is 9.52 Å². The van der Waals surface area contributed by atoms with Crippen molar-refractivity contribution in [3.8, 4) is 5.75 Å². The monoisotopic (exact) mass is 340 g/mol. The van der Waals surface area contributed by atoms with Gasteiger partial charge in [-0.1, -0.05) is 29.8 Å². The zero-order valence-corrected chi connectivity index (χ0v) is 13.5. The number of rotatable bonds is 4. The first-order valence-corrected chi connectivity index (χ1v) is 7.06. The van der Waals surface area contributed by atoms with Crippen LogP contribution in [-0.4, -0.2) is 11.0 Å². The Hall–Kier alpha value is -2.11. The van der Waals surface area contributed by atoms with Gasteiger partial charge in [0, 0.05) is 10.6 Å². The van der Waals surface area contributed by atoms with Crippen molar-refractivity contribution < 1.29 is 14.3 Å². The predicted octanol–water partition coefficient (Wildman–Crippen LogP) is 3.81. The van der Waals surface area contributed by atoms with Gasteiger partial charge in [-0.05, 0) is 32.0 Å². The number of aryl methyl sites for hydroxylation is 2. The Labute approximate surface area is 137 Å². The molecule has 0 radical (unpaired) electrons. The van der Waals surface area contributed by atoms with E-state index in [1.165, 1.54) is 12.1 Å². The zero-order chi connectivity index (χ0) is 16.4. The van der Waals surface area contributed by atoms with Gasteiger partial charge in [0.25, 0.3) is 5.91 Å². The SMILES string of the molecule is C=C(NNC(=O)c1cc(C)oc1C)c1cc(Cl)cc(Cl)c1O. The number of benzene rings is 1. The van der Waals surface area contributed by atoms with E-state index in [0.29, 0.717) is 22.1 Å². The second-order valence-corrected chi connectivity index (χ2v) is 5.51. The second-order valence-electron chi connectivity index (χ2n) is 4.67. The van der Waals surface area contributed by atoms with Gasteiger partial charge in [-0.25, -0.2) is 0 Å². The minimum Gasteiger partial charge on any atom is -0.506 e. The van der Waals surface area contributed by atoms with Crippen molar-refractivity contribution in [2.45, 2.75) is 13.8 Å². The molecule has 7 heteroatoms. The molecule has 0 aliphatic carbocycles. The molecule has 0 spiro atoms. The van der Waals surface area contributed by atoms with Crippen molar-refractivity contribution >= 4 is 34.8 Å². The number of hydrogen-bond acceptors (Lipinski definition) is 4. The first-order chi connectivity index (χ1) is 10.3. The lowest BCUT2D eigenvalue weighted by molar-refractivity contribution is 0.0941. The van der Waals surface area contributed by atoms with E-state index in [4.69, 9.17) is 27.6 Å². The summed E-state index contributed by atoms with van der Waals surface area (Å²) in [5, 5.41) is 10.3. The van der Waals surface area contributed by atoms with E-state index in [1.807, 2.05) is 0 Å². The highest BCUT2D eigenvalue weighted by Gasteiger charge is 2.15. The lowest BCUT2D eigenvalue weighted by Gasteiger charge is -2.13. The van der Waals surface area contributed by atoms with Gasteiger partial charge in [-0.15, -0.1) is 0 Å². The average molecular weight is 341 g/mol. The molecule has 1 aromatic carbocycles. The molecule has 2 rings (SSSR count). The van der Waals surface area contributed by atoms with Gasteiger partial charge in [0.05, 0.1) is 16.3 Å². The largest absolute Gasteiger partial charge is 0.506 e. The number of carbonyl (C=O) groups excluding carboxylic acids is 1. The lowest BCUT2D eigenvalue weighted by Crippen LogP contribution is -2.36. The van der Waals surface area contributed by atoms with Crippen LogP contribution in [0.5, 0.6) is 5.75 Å². The fourth-order valence-electron chi connectivity index (χ4n) is 1.92. The molecule has 1 amide bonds. The van der Waals surface area contributed by atoms with Crippen LogP contribution in [0.15, 0.2) is 29.2 Å². The van der Waals surface area contributed by atoms with Gasteiger partial charge in [0.15, 0.2) is 0 Å². The Morgan fingerprint density at radius 2 is 1.86 bits per heavy atom. The molecule has 0 bridgehead atoms. The van der Waals surface area contributed by atoms with E-state index in [2.05, 4.69) is 17.4 Å². The third-order valence-corrected chi connectivity index (χ3v) is 3.47. The minimum absolute atomic E-state index is 0.0954. The number of aromatic hydroxyl groups is 1. The van der Waals surface area contributed by atoms with Crippen molar-refractivity contribution in [2.75, 3.05) is 0 Å². The summed E-state index contributed by atoms with van der Waals surface area (Å²) in [7, 11) is 0. The van der Waals surface area contributed by atoms with Crippen LogP contribution in [0.2, 0.25) is 10.0 Å². The number of furan rings is 1. The van der Waals surface area contributed by atoms with E-state index in [0.717, 1.165) is 0 Å². The highest BCUT2D eigenvalue weighted by atomic mass is 35.5. The van der Waals surface area contributed by atoms with Crippen LogP contribution in [0.1, 0.15) is 27.4 Å². The highest BCUT2D eigenvalue weighted by Crippen LogP contribution is 2.33. The summed E-state index contributed by atoms with van der Waals surface area (Å²) in [5.74, 6) is 0.591. The van der Waals surface area contributed by atoms with Crippen LogP contribution in [0.4, 0.5) is 0 Å². The quantitative estimate of drug-likeness (QED) is 0.739. The van der Waals surface area contributed by atoms with Crippen molar-refractivity contribution in [1.82, 2.24) is 10.9 Å². The Kier molecular flexibility index (Phi) is 4.68. The van der Waals surface area contributed by atoms with Crippen LogP contribution in [0.25, 0.3) is 5.70 Å². The average Bonchev–Trinajstić information content (AvgIpc) is 2.78. The highest BCUT2D eigenvalue weighted by molar-refractivity contribution is 6.35. The molecule has 0 aliphatic heterocycles. The van der Waals surface area contributed by atoms with E-state index in [-0.39, 0.29) is 27.9 Å². The first kappa shape index (κ1) is 16.3. The maximum Gasteiger partial charge on any atom is 0.273 e. The molecule has 116 valence electrons. The summed E-state index contributed by atoms with van der Waals surface area (Å²) in [4.78, 5) is 12.0. The van der Waals surface area contributed by atoms with E-state index < -0.39 is 0 Å². The number of carbonyl (C=O) groups is 1. The molecule has 0 saturated heterocycles. The zero-order valence-electron chi connectivity index (χ0n) is 12.0. The molecule has 22 heavy (non-hydrogen) atoms. The fourth-order valence-corrected chi connectivity index (χ4v) is 2.41. The molecule has 2 aromatic rings. The molecule has 1 heterocycles. The number of phenolic OH excluding ortho intramolecular Hbond substituents is 1. The summed E-state index contributed by atoms with van der Waals surface area (Å²) in [5.41, 5.74) is 6.03. The van der Waals surface area contributed by atoms with Gasteiger partial charge >= 0.3 is 0 Å². The van der Waals surface area contributed by atoms with E-state index >= 15 is 0 Å². The molecule has 0 aliphatic rings. The van der Waals surface area contributed by atoms with Gasteiger partial charge in [-0.3, -0.25) is 15.6 Å². The summed E-state index contributed by atoms with van der Waals surface area (Å²) < 4.78 is 5.29. The van der Waals surface area contributed by atoms with Crippen molar-refractivity contribution in [3.63, 3.8) is 0 Å². The lowest BCUT2D eigenvalue weighted by atomic mass is 10.1. The summed E-state index contributed by atoms with van der Waals surface area (Å²) in [6.07, 6.45) is 0. The molecule has 0 saturated carbocycles. The summed E-state index contributed by atoms with van der Waals surface area (Å²) >= 11 is 11.7. The van der Waals surface area contributed by atoms with Gasteiger partial charge in [-0.2, -0.15) is 0 Å². The normalized spacial score (nSPS) is 10.4. The molecule has 3 N–H and O–H groups in total.